The minimum Gasteiger partial charge on any atom is -0.381 e. The Morgan fingerprint density at radius 2 is 0.615 bits per heavy atom. The quantitative estimate of drug-likeness (QED) is 0.0422. The van der Waals surface area contributed by atoms with E-state index in [1.165, 1.54) is 193 Å². The predicted molar refractivity (Wildman–Crippen MR) is 228 cm³/mol. The fourth-order valence-corrected chi connectivity index (χ4v) is 8.24. The molecule has 0 aliphatic rings. The van der Waals surface area contributed by atoms with E-state index in [4.69, 9.17) is 15.2 Å². The highest BCUT2D eigenvalue weighted by Crippen LogP contribution is 2.38. The van der Waals surface area contributed by atoms with Gasteiger partial charge in [0.05, 0.1) is 6.16 Å². The van der Waals surface area contributed by atoms with E-state index in [1.807, 2.05) is 0 Å². The molecule has 0 bridgehead atoms. The normalized spacial score (nSPS) is 12.3. The molecule has 314 valence electrons. The van der Waals surface area contributed by atoms with Gasteiger partial charge in [0.25, 0.3) is 0 Å². The first kappa shape index (κ1) is 52.0. The zero-order valence-corrected chi connectivity index (χ0v) is 36.2. The maximum Gasteiger partial charge on any atom is 0.325 e. The van der Waals surface area contributed by atoms with Gasteiger partial charge in [-0.25, -0.2) is 0 Å². The average molecular weight is 760 g/mol. The van der Waals surface area contributed by atoms with Gasteiger partial charge in [0.1, 0.15) is 0 Å². The summed E-state index contributed by atoms with van der Waals surface area (Å²) in [4.78, 5) is 18.9. The molecule has 0 saturated carbocycles. The molecule has 0 saturated heterocycles. The summed E-state index contributed by atoms with van der Waals surface area (Å²) in [5.41, 5.74) is 6.14. The first-order valence-electron chi connectivity index (χ1n) is 23.3. The van der Waals surface area contributed by atoms with Gasteiger partial charge in [0.15, 0.2) is 0 Å². The van der Waals surface area contributed by atoms with E-state index < -0.39 is 13.1 Å². The molecule has 6 nitrogen and oxygen atoms in total. The molecule has 0 aliphatic carbocycles. The maximum absolute atomic E-state index is 11.6. The second-order valence-electron chi connectivity index (χ2n) is 16.5. The molecule has 0 aromatic carbocycles. The fraction of sp³-hybridized carbons (Fsp3) is 1.00. The minimum absolute atomic E-state index is 0.149. The van der Waals surface area contributed by atoms with Crippen LogP contribution in [0.25, 0.3) is 0 Å². The summed E-state index contributed by atoms with van der Waals surface area (Å²) in [6.45, 7) is 7.51. The van der Waals surface area contributed by atoms with Crippen molar-refractivity contribution in [2.75, 3.05) is 32.6 Å². The van der Waals surface area contributed by atoms with Crippen molar-refractivity contribution < 1.29 is 23.8 Å². The van der Waals surface area contributed by atoms with Crippen molar-refractivity contribution in [2.45, 2.75) is 257 Å². The molecule has 0 spiro atoms. The van der Waals surface area contributed by atoms with Gasteiger partial charge in [-0.15, -0.1) is 0 Å². The molecule has 7 heteroatoms. The molecule has 0 amide bonds. The highest BCUT2D eigenvalue weighted by Gasteiger charge is 2.27. The van der Waals surface area contributed by atoms with Gasteiger partial charge in [0.2, 0.25) is 0 Å². The number of rotatable bonds is 45. The molecule has 0 aliphatic heterocycles. The molecule has 0 fully saturated rings. The van der Waals surface area contributed by atoms with E-state index in [0.717, 1.165) is 51.7 Å². The van der Waals surface area contributed by atoms with Crippen LogP contribution in [0, 0.1) is 0 Å². The molecule has 0 rings (SSSR count). The van der Waals surface area contributed by atoms with E-state index in [9.17, 15) is 14.4 Å². The molecular weight excluding hydrogens is 665 g/mol. The second kappa shape index (κ2) is 40.7. The molecule has 0 atom stereocenters. The largest absolute Gasteiger partial charge is 0.381 e. The molecular formula is C45H94NO5P. The van der Waals surface area contributed by atoms with Crippen molar-refractivity contribution in [2.24, 2.45) is 5.73 Å². The van der Waals surface area contributed by atoms with Crippen LogP contribution in [0.3, 0.4) is 0 Å². The van der Waals surface area contributed by atoms with Gasteiger partial charge in [-0.05, 0) is 44.9 Å². The Labute approximate surface area is 325 Å². The zero-order valence-electron chi connectivity index (χ0n) is 35.3. The first-order valence-corrected chi connectivity index (χ1v) is 25.1. The molecule has 0 heterocycles. The number of unbranched alkanes of at least 4 members (excludes halogenated alkanes) is 30. The summed E-state index contributed by atoms with van der Waals surface area (Å²) in [7, 11) is -4.07. The summed E-state index contributed by atoms with van der Waals surface area (Å²) < 4.78 is 23.4. The average Bonchev–Trinajstić information content (AvgIpc) is 3.12. The van der Waals surface area contributed by atoms with Crippen molar-refractivity contribution in [1.29, 1.82) is 0 Å². The van der Waals surface area contributed by atoms with E-state index in [-0.39, 0.29) is 6.16 Å². The first-order chi connectivity index (χ1) is 25.3. The third-order valence-electron chi connectivity index (χ3n) is 11.1. The predicted octanol–water partition coefficient (Wildman–Crippen LogP) is 14.4. The van der Waals surface area contributed by atoms with Crippen molar-refractivity contribution in [3.63, 3.8) is 0 Å². The van der Waals surface area contributed by atoms with E-state index in [0.29, 0.717) is 19.6 Å². The Morgan fingerprint density at radius 1 is 0.385 bits per heavy atom. The van der Waals surface area contributed by atoms with E-state index in [1.54, 1.807) is 0 Å². The standard InChI is InChI=1S/C45H94NO5P/c1-3-5-7-9-11-13-15-17-19-21-23-25-27-29-31-33-40-50-42-35-37-45(46,39-44-52(47,48)49)38-36-43-51-41-34-32-30-28-26-24-22-20-18-16-14-12-10-8-6-4-2/h3-44,46H2,1-2H3,(H2,47,48,49). The SMILES string of the molecule is CCCCCCCCCCCCCCCCCCOCCCC(N)(CCCOCCCCCCCCCCCCCCCCCC)CCP(=O)(O)O. The summed E-state index contributed by atoms with van der Waals surface area (Å²) >= 11 is 0. The Kier molecular flexibility index (Phi) is 40.7. The topological polar surface area (TPSA) is 102 Å². The van der Waals surface area contributed by atoms with Crippen molar-refractivity contribution in [1.82, 2.24) is 0 Å². The number of ether oxygens (including phenoxy) is 2. The lowest BCUT2D eigenvalue weighted by atomic mass is 9.87. The highest BCUT2D eigenvalue weighted by molar-refractivity contribution is 7.51. The second-order valence-corrected chi connectivity index (χ2v) is 18.3. The minimum atomic E-state index is -4.07. The van der Waals surface area contributed by atoms with Crippen LogP contribution in [0.15, 0.2) is 0 Å². The van der Waals surface area contributed by atoms with E-state index in [2.05, 4.69) is 13.8 Å². The number of hydrogen-bond donors (Lipinski definition) is 3. The number of nitrogens with two attached hydrogens (primary N) is 1. The molecule has 0 radical (unpaired) electrons. The molecule has 0 aromatic heterocycles. The molecule has 0 aromatic rings. The molecule has 0 unspecified atom stereocenters. The maximum atomic E-state index is 11.6. The van der Waals surface area contributed by atoms with Crippen LogP contribution in [-0.4, -0.2) is 47.9 Å². The highest BCUT2D eigenvalue weighted by atomic mass is 31.2. The molecule has 4 N–H and O–H groups in total. The van der Waals surface area contributed by atoms with Gasteiger partial charge >= 0.3 is 7.60 Å². The smallest absolute Gasteiger partial charge is 0.325 e. The van der Waals surface area contributed by atoms with Gasteiger partial charge in [0, 0.05) is 32.0 Å². The van der Waals surface area contributed by atoms with Crippen LogP contribution in [-0.2, 0) is 14.0 Å². The van der Waals surface area contributed by atoms with Crippen LogP contribution < -0.4 is 5.73 Å². The summed E-state index contributed by atoms with van der Waals surface area (Å²) in [6, 6.07) is 0. The van der Waals surface area contributed by atoms with Gasteiger partial charge < -0.3 is 25.0 Å². The van der Waals surface area contributed by atoms with Crippen LogP contribution >= 0.6 is 7.60 Å². The zero-order chi connectivity index (χ0) is 38.1. The van der Waals surface area contributed by atoms with Crippen LogP contribution in [0.1, 0.15) is 251 Å². The van der Waals surface area contributed by atoms with Crippen LogP contribution in [0.5, 0.6) is 0 Å². The van der Waals surface area contributed by atoms with Crippen molar-refractivity contribution >= 4 is 7.60 Å². The van der Waals surface area contributed by atoms with Crippen LogP contribution in [0.2, 0.25) is 0 Å². The van der Waals surface area contributed by atoms with E-state index >= 15 is 0 Å². The number of hydrogen-bond acceptors (Lipinski definition) is 4. The van der Waals surface area contributed by atoms with Crippen molar-refractivity contribution in [3.8, 4) is 0 Å². The Balaban J connectivity index is 3.70. The van der Waals surface area contributed by atoms with Gasteiger partial charge in [-0.3, -0.25) is 4.57 Å². The van der Waals surface area contributed by atoms with Gasteiger partial charge in [-0.2, -0.15) is 0 Å². The summed E-state index contributed by atoms with van der Waals surface area (Å²) in [6.07, 6.45) is 47.1. The fourth-order valence-electron chi connectivity index (χ4n) is 7.50. The lowest BCUT2D eigenvalue weighted by Crippen LogP contribution is -2.41. The summed E-state index contributed by atoms with van der Waals surface area (Å²) in [5, 5.41) is 0. The third kappa shape index (κ3) is 42.8. The monoisotopic (exact) mass is 760 g/mol. The Morgan fingerprint density at radius 3 is 0.865 bits per heavy atom. The Hall–Kier alpha value is 0.0300. The van der Waals surface area contributed by atoms with Gasteiger partial charge in [-0.1, -0.05) is 206 Å². The summed E-state index contributed by atoms with van der Waals surface area (Å²) in [5.74, 6) is 0. The molecule has 52 heavy (non-hydrogen) atoms. The Bertz CT molecular complexity index is 689. The van der Waals surface area contributed by atoms with Crippen molar-refractivity contribution in [3.05, 3.63) is 0 Å². The van der Waals surface area contributed by atoms with Crippen LogP contribution in [0.4, 0.5) is 0 Å². The lowest BCUT2D eigenvalue weighted by molar-refractivity contribution is 0.110. The third-order valence-corrected chi connectivity index (χ3v) is 11.9. The lowest BCUT2D eigenvalue weighted by Gasteiger charge is -2.30.